The number of nitrogens with zero attached hydrogens (tertiary/aromatic N) is 2. The summed E-state index contributed by atoms with van der Waals surface area (Å²) in [6.45, 7) is 3.96. The van der Waals surface area contributed by atoms with Crippen molar-refractivity contribution in [2.45, 2.75) is 6.92 Å². The molecule has 2 heterocycles. The average molecular weight is 299 g/mol. The third kappa shape index (κ3) is 3.81. The van der Waals surface area contributed by atoms with Crippen LogP contribution in [0.1, 0.15) is 11.8 Å². The number of thiophene rings is 1. The predicted molar refractivity (Wildman–Crippen MR) is 77.2 cm³/mol. The topological polar surface area (TPSA) is 40.6 Å². The molecule has 0 atom stereocenters. The second kappa shape index (κ2) is 6.21. The average Bonchev–Trinajstić information content (AvgIpc) is 2.82. The standard InChI is InChI=1S/C13H15ClN2O2S/c1-10(17)15-6-8-16(9-7-15)13(18)5-3-11-2-4-12(14)19-11/h2-5H,6-9H2,1H3/b5-3-. The monoisotopic (exact) mass is 298 g/mol. The summed E-state index contributed by atoms with van der Waals surface area (Å²) in [5.41, 5.74) is 0. The molecule has 1 saturated heterocycles. The lowest BCUT2D eigenvalue weighted by Crippen LogP contribution is -2.49. The largest absolute Gasteiger partial charge is 0.339 e. The summed E-state index contributed by atoms with van der Waals surface area (Å²) in [5, 5.41) is 0. The lowest BCUT2D eigenvalue weighted by Gasteiger charge is -2.33. The van der Waals surface area contributed by atoms with Crippen molar-refractivity contribution in [3.63, 3.8) is 0 Å². The maximum absolute atomic E-state index is 12.0. The Bertz CT molecular complexity index is 504. The van der Waals surface area contributed by atoms with E-state index in [1.165, 1.54) is 11.3 Å². The minimum atomic E-state index is -0.0206. The van der Waals surface area contributed by atoms with E-state index in [1.54, 1.807) is 28.9 Å². The second-order valence-electron chi connectivity index (χ2n) is 4.31. The van der Waals surface area contributed by atoms with Gasteiger partial charge in [0.1, 0.15) is 0 Å². The molecular weight excluding hydrogens is 284 g/mol. The zero-order chi connectivity index (χ0) is 13.8. The van der Waals surface area contributed by atoms with Gasteiger partial charge in [-0.15, -0.1) is 11.3 Å². The molecule has 0 spiro atoms. The third-order valence-corrected chi connectivity index (χ3v) is 4.22. The van der Waals surface area contributed by atoms with E-state index in [9.17, 15) is 9.59 Å². The maximum atomic E-state index is 12.0. The summed E-state index contributed by atoms with van der Waals surface area (Å²) in [6, 6.07) is 3.69. The van der Waals surface area contributed by atoms with Crippen molar-refractivity contribution in [3.8, 4) is 0 Å². The van der Waals surface area contributed by atoms with Crippen molar-refractivity contribution in [1.29, 1.82) is 0 Å². The van der Waals surface area contributed by atoms with Crippen molar-refractivity contribution < 1.29 is 9.59 Å². The van der Waals surface area contributed by atoms with Gasteiger partial charge in [-0.25, -0.2) is 0 Å². The smallest absolute Gasteiger partial charge is 0.246 e. The van der Waals surface area contributed by atoms with Gasteiger partial charge in [-0.3, -0.25) is 9.59 Å². The Labute approximate surface area is 121 Å². The fourth-order valence-electron chi connectivity index (χ4n) is 1.92. The van der Waals surface area contributed by atoms with Crippen molar-refractivity contribution in [1.82, 2.24) is 9.80 Å². The van der Waals surface area contributed by atoms with Gasteiger partial charge < -0.3 is 9.80 Å². The van der Waals surface area contributed by atoms with Gasteiger partial charge in [0.25, 0.3) is 0 Å². The highest BCUT2D eigenvalue weighted by Gasteiger charge is 2.20. The Morgan fingerprint density at radius 1 is 1.21 bits per heavy atom. The van der Waals surface area contributed by atoms with Crippen LogP contribution in [-0.4, -0.2) is 47.8 Å². The minimum absolute atomic E-state index is 0.0206. The van der Waals surface area contributed by atoms with E-state index in [0.29, 0.717) is 30.5 Å². The normalized spacial score (nSPS) is 16.1. The van der Waals surface area contributed by atoms with Crippen LogP contribution in [0, 0.1) is 0 Å². The maximum Gasteiger partial charge on any atom is 0.246 e. The summed E-state index contributed by atoms with van der Waals surface area (Å²) in [6.07, 6.45) is 3.34. The number of carbonyl (C=O) groups is 2. The summed E-state index contributed by atoms with van der Waals surface area (Å²) in [4.78, 5) is 27.6. The number of piperazine rings is 1. The van der Waals surface area contributed by atoms with E-state index in [4.69, 9.17) is 11.6 Å². The Morgan fingerprint density at radius 2 is 1.84 bits per heavy atom. The van der Waals surface area contributed by atoms with Crippen LogP contribution in [-0.2, 0) is 9.59 Å². The molecule has 0 aromatic carbocycles. The Balaban J connectivity index is 1.88. The highest BCUT2D eigenvalue weighted by atomic mass is 35.5. The zero-order valence-corrected chi connectivity index (χ0v) is 12.2. The van der Waals surface area contributed by atoms with E-state index in [2.05, 4.69) is 0 Å². The number of halogens is 1. The number of carbonyl (C=O) groups excluding carboxylic acids is 2. The minimum Gasteiger partial charge on any atom is -0.339 e. The van der Waals surface area contributed by atoms with Crippen LogP contribution in [0.4, 0.5) is 0 Å². The molecule has 1 aromatic heterocycles. The quantitative estimate of drug-likeness (QED) is 0.785. The van der Waals surface area contributed by atoms with Gasteiger partial charge in [-0.05, 0) is 18.2 Å². The molecule has 0 saturated carbocycles. The lowest BCUT2D eigenvalue weighted by atomic mass is 10.3. The fourth-order valence-corrected chi connectivity index (χ4v) is 2.88. The summed E-state index contributed by atoms with van der Waals surface area (Å²) < 4.78 is 0.710. The number of hydrogen-bond donors (Lipinski definition) is 0. The summed E-state index contributed by atoms with van der Waals surface area (Å²) >= 11 is 7.26. The van der Waals surface area contributed by atoms with Gasteiger partial charge in [0, 0.05) is 44.1 Å². The van der Waals surface area contributed by atoms with Gasteiger partial charge in [0.05, 0.1) is 4.34 Å². The Kier molecular flexibility index (Phi) is 4.61. The van der Waals surface area contributed by atoms with Crippen LogP contribution in [0.25, 0.3) is 6.08 Å². The molecule has 19 heavy (non-hydrogen) atoms. The molecule has 1 aromatic rings. The van der Waals surface area contributed by atoms with Crippen molar-refractivity contribution in [2.24, 2.45) is 0 Å². The van der Waals surface area contributed by atoms with Crippen LogP contribution < -0.4 is 0 Å². The van der Waals surface area contributed by atoms with Gasteiger partial charge in [0.2, 0.25) is 11.8 Å². The van der Waals surface area contributed by atoms with Gasteiger partial charge in [-0.1, -0.05) is 11.6 Å². The van der Waals surface area contributed by atoms with E-state index in [-0.39, 0.29) is 11.8 Å². The molecule has 0 radical (unpaired) electrons. The molecule has 0 unspecified atom stereocenters. The van der Waals surface area contributed by atoms with Gasteiger partial charge in [-0.2, -0.15) is 0 Å². The molecule has 1 aliphatic rings. The molecule has 1 aliphatic heterocycles. The Hall–Kier alpha value is -1.33. The van der Waals surface area contributed by atoms with Crippen molar-refractivity contribution in [3.05, 3.63) is 27.4 Å². The summed E-state index contributed by atoms with van der Waals surface area (Å²) in [5.74, 6) is 0.0450. The molecule has 2 amide bonds. The molecule has 4 nitrogen and oxygen atoms in total. The van der Waals surface area contributed by atoms with Crippen LogP contribution in [0.2, 0.25) is 4.34 Å². The highest BCUT2D eigenvalue weighted by molar-refractivity contribution is 7.17. The molecule has 2 rings (SSSR count). The van der Waals surface area contributed by atoms with Crippen LogP contribution >= 0.6 is 22.9 Å². The molecule has 1 fully saturated rings. The van der Waals surface area contributed by atoms with Crippen molar-refractivity contribution >= 4 is 40.8 Å². The first-order valence-electron chi connectivity index (χ1n) is 6.04. The third-order valence-electron chi connectivity index (χ3n) is 3.02. The van der Waals surface area contributed by atoms with Gasteiger partial charge in [0.15, 0.2) is 0 Å². The fraction of sp³-hybridized carbons (Fsp3) is 0.385. The molecular formula is C13H15ClN2O2S. The molecule has 0 N–H and O–H groups in total. The first-order valence-corrected chi connectivity index (χ1v) is 7.23. The number of hydrogen-bond acceptors (Lipinski definition) is 3. The van der Waals surface area contributed by atoms with E-state index < -0.39 is 0 Å². The summed E-state index contributed by atoms with van der Waals surface area (Å²) in [7, 11) is 0. The van der Waals surface area contributed by atoms with Crippen LogP contribution in [0.5, 0.6) is 0 Å². The van der Waals surface area contributed by atoms with E-state index in [0.717, 1.165) is 4.88 Å². The lowest BCUT2D eigenvalue weighted by molar-refractivity contribution is -0.135. The first-order chi connectivity index (χ1) is 9.06. The predicted octanol–water partition coefficient (Wildman–Crippen LogP) is 2.11. The highest BCUT2D eigenvalue weighted by Crippen LogP contribution is 2.22. The van der Waals surface area contributed by atoms with E-state index >= 15 is 0 Å². The first kappa shape index (κ1) is 14.1. The molecule has 0 aliphatic carbocycles. The Morgan fingerprint density at radius 3 is 2.37 bits per heavy atom. The zero-order valence-electron chi connectivity index (χ0n) is 10.6. The van der Waals surface area contributed by atoms with Crippen molar-refractivity contribution in [2.75, 3.05) is 26.2 Å². The van der Waals surface area contributed by atoms with Gasteiger partial charge >= 0.3 is 0 Å². The van der Waals surface area contributed by atoms with E-state index in [1.807, 2.05) is 12.1 Å². The van der Waals surface area contributed by atoms with Crippen LogP contribution in [0.15, 0.2) is 18.2 Å². The molecule has 102 valence electrons. The number of amides is 2. The van der Waals surface area contributed by atoms with Crippen LogP contribution in [0.3, 0.4) is 0 Å². The second-order valence-corrected chi connectivity index (χ2v) is 6.05. The molecule has 6 heteroatoms. The molecule has 0 bridgehead atoms. The number of rotatable bonds is 2. The SMILES string of the molecule is CC(=O)N1CCN(C(=O)/C=C\c2ccc(Cl)s2)CC1.